The van der Waals surface area contributed by atoms with Gasteiger partial charge in [0, 0.05) is 12.1 Å². The summed E-state index contributed by atoms with van der Waals surface area (Å²) in [6, 6.07) is 3.27. The second-order valence-corrected chi connectivity index (χ2v) is 11.2. The van der Waals surface area contributed by atoms with E-state index in [4.69, 9.17) is 4.74 Å². The Kier molecular flexibility index (Phi) is 8.34. The third-order valence-corrected chi connectivity index (χ3v) is 6.80. The molecule has 0 heterocycles. The number of hydrogen-bond acceptors (Lipinski definition) is 5. The molecule has 0 aliphatic heterocycles. The van der Waals surface area contributed by atoms with Gasteiger partial charge in [-0.1, -0.05) is 32.3 Å². The lowest BCUT2D eigenvalue weighted by Crippen LogP contribution is -2.54. The number of carbonyl (C=O) groups is 3. The van der Waals surface area contributed by atoms with Crippen molar-refractivity contribution < 1.29 is 24.2 Å². The fraction of sp³-hybridized carbons (Fsp3) is 0.667. The standard InChI is InChI=1S/C27H41N3O5/c1-16-15-21(16)30(25(33)18(3)28-26(34)35-27(4,5)6)23(19-12-13-22(31)17(2)14-19)24(32)29-20-10-8-7-9-11-20/h12-14,16,18,20-21,23,31H,7-11,15H2,1-6H3,(H,28,34)(H,29,32). The van der Waals surface area contributed by atoms with Gasteiger partial charge in [-0.05, 0) is 83.1 Å². The Morgan fingerprint density at radius 3 is 2.31 bits per heavy atom. The second-order valence-electron chi connectivity index (χ2n) is 11.2. The highest BCUT2D eigenvalue weighted by molar-refractivity contribution is 5.92. The molecule has 2 aliphatic carbocycles. The van der Waals surface area contributed by atoms with Crippen LogP contribution in [-0.2, 0) is 14.3 Å². The van der Waals surface area contributed by atoms with Crippen molar-refractivity contribution in [2.75, 3.05) is 0 Å². The smallest absolute Gasteiger partial charge is 0.408 e. The maximum absolute atomic E-state index is 13.8. The molecule has 2 saturated carbocycles. The third-order valence-electron chi connectivity index (χ3n) is 6.80. The number of carbonyl (C=O) groups excluding carboxylic acids is 3. The van der Waals surface area contributed by atoms with E-state index >= 15 is 0 Å². The summed E-state index contributed by atoms with van der Waals surface area (Å²) >= 11 is 0. The number of nitrogens with one attached hydrogen (secondary N) is 2. The van der Waals surface area contributed by atoms with Crippen LogP contribution in [0.2, 0.25) is 0 Å². The maximum Gasteiger partial charge on any atom is 0.408 e. The molecule has 3 amide bonds. The minimum atomic E-state index is -0.874. The Morgan fingerprint density at radius 1 is 1.14 bits per heavy atom. The monoisotopic (exact) mass is 487 g/mol. The van der Waals surface area contributed by atoms with E-state index < -0.39 is 23.8 Å². The van der Waals surface area contributed by atoms with Gasteiger partial charge in [-0.25, -0.2) is 4.79 Å². The van der Waals surface area contributed by atoms with E-state index in [0.717, 1.165) is 32.1 Å². The summed E-state index contributed by atoms with van der Waals surface area (Å²) in [6.07, 6.45) is 5.29. The van der Waals surface area contributed by atoms with Crippen LogP contribution in [-0.4, -0.2) is 51.6 Å². The van der Waals surface area contributed by atoms with Gasteiger partial charge in [-0.2, -0.15) is 0 Å². The van der Waals surface area contributed by atoms with E-state index in [1.165, 1.54) is 6.42 Å². The fourth-order valence-corrected chi connectivity index (χ4v) is 4.76. The first-order valence-electron chi connectivity index (χ1n) is 12.8. The van der Waals surface area contributed by atoms with Crippen molar-refractivity contribution in [2.45, 2.75) is 110 Å². The quantitative estimate of drug-likeness (QED) is 0.530. The molecule has 0 aromatic heterocycles. The highest BCUT2D eigenvalue weighted by Gasteiger charge is 2.47. The molecule has 4 atom stereocenters. The maximum atomic E-state index is 13.8. The molecule has 1 aromatic carbocycles. The summed E-state index contributed by atoms with van der Waals surface area (Å²) in [7, 11) is 0. The predicted octanol–water partition coefficient (Wildman–Crippen LogP) is 4.34. The summed E-state index contributed by atoms with van der Waals surface area (Å²) in [5, 5.41) is 15.9. The topological polar surface area (TPSA) is 108 Å². The molecule has 0 radical (unpaired) electrons. The molecule has 2 fully saturated rings. The molecular weight excluding hydrogens is 446 g/mol. The van der Waals surface area contributed by atoms with Gasteiger partial charge in [0.05, 0.1) is 0 Å². The largest absolute Gasteiger partial charge is 0.508 e. The van der Waals surface area contributed by atoms with Gasteiger partial charge in [0.1, 0.15) is 23.4 Å². The first-order valence-corrected chi connectivity index (χ1v) is 12.8. The van der Waals surface area contributed by atoms with Gasteiger partial charge in [0.2, 0.25) is 11.8 Å². The average Bonchev–Trinajstić information content (AvgIpc) is 3.48. The van der Waals surface area contributed by atoms with Crippen molar-refractivity contribution in [3.05, 3.63) is 29.3 Å². The highest BCUT2D eigenvalue weighted by Crippen LogP contribution is 2.41. The van der Waals surface area contributed by atoms with Crippen LogP contribution in [0.15, 0.2) is 18.2 Å². The van der Waals surface area contributed by atoms with E-state index in [2.05, 4.69) is 17.6 Å². The fourth-order valence-electron chi connectivity index (χ4n) is 4.76. The number of aromatic hydroxyl groups is 1. The molecule has 35 heavy (non-hydrogen) atoms. The molecular formula is C27H41N3O5. The van der Waals surface area contributed by atoms with Crippen LogP contribution in [0.3, 0.4) is 0 Å². The third kappa shape index (κ3) is 7.12. The molecule has 0 bridgehead atoms. The Labute approximate surface area is 208 Å². The van der Waals surface area contributed by atoms with E-state index in [0.29, 0.717) is 11.1 Å². The van der Waals surface area contributed by atoms with Crippen molar-refractivity contribution in [3.8, 4) is 5.75 Å². The van der Waals surface area contributed by atoms with Crippen LogP contribution in [0.25, 0.3) is 0 Å². The number of aryl methyl sites for hydroxylation is 1. The molecule has 8 heteroatoms. The van der Waals surface area contributed by atoms with Gasteiger partial charge in [-0.15, -0.1) is 0 Å². The van der Waals surface area contributed by atoms with Gasteiger partial charge >= 0.3 is 6.09 Å². The number of nitrogens with zero attached hydrogens (tertiary/aromatic N) is 1. The highest BCUT2D eigenvalue weighted by atomic mass is 16.6. The summed E-state index contributed by atoms with van der Waals surface area (Å²) in [4.78, 5) is 41.5. The lowest BCUT2D eigenvalue weighted by Gasteiger charge is -2.35. The minimum Gasteiger partial charge on any atom is -0.508 e. The molecule has 0 spiro atoms. The molecule has 1 aromatic rings. The number of rotatable bonds is 7. The molecule has 3 rings (SSSR count). The Balaban J connectivity index is 1.91. The van der Waals surface area contributed by atoms with Gasteiger partial charge in [0.15, 0.2) is 0 Å². The normalized spacial score (nSPS) is 22.0. The van der Waals surface area contributed by atoms with Crippen molar-refractivity contribution in [3.63, 3.8) is 0 Å². The van der Waals surface area contributed by atoms with E-state index in [1.54, 1.807) is 57.7 Å². The second kappa shape index (κ2) is 10.9. The molecule has 0 saturated heterocycles. The summed E-state index contributed by atoms with van der Waals surface area (Å²) < 4.78 is 5.33. The number of alkyl carbamates (subject to hydrolysis) is 1. The molecule has 194 valence electrons. The first kappa shape index (κ1) is 26.8. The first-order chi connectivity index (χ1) is 16.4. The predicted molar refractivity (Wildman–Crippen MR) is 134 cm³/mol. The molecule has 4 unspecified atom stereocenters. The van der Waals surface area contributed by atoms with Crippen molar-refractivity contribution >= 4 is 17.9 Å². The Hall–Kier alpha value is -2.77. The number of phenols is 1. The van der Waals surface area contributed by atoms with E-state index in [1.807, 2.05) is 0 Å². The van der Waals surface area contributed by atoms with E-state index in [9.17, 15) is 19.5 Å². The molecule has 2 aliphatic rings. The number of benzene rings is 1. The lowest BCUT2D eigenvalue weighted by atomic mass is 9.94. The zero-order chi connectivity index (χ0) is 25.9. The van der Waals surface area contributed by atoms with Crippen molar-refractivity contribution in [2.24, 2.45) is 5.92 Å². The summed E-state index contributed by atoms with van der Waals surface area (Å²) in [5.74, 6) is -0.174. The van der Waals surface area contributed by atoms with Crippen LogP contribution in [0.1, 0.15) is 90.3 Å². The zero-order valence-electron chi connectivity index (χ0n) is 21.9. The van der Waals surface area contributed by atoms with Crippen LogP contribution < -0.4 is 10.6 Å². The molecule has 3 N–H and O–H groups in total. The lowest BCUT2D eigenvalue weighted by molar-refractivity contribution is -0.143. The van der Waals surface area contributed by atoms with Crippen LogP contribution in [0.5, 0.6) is 5.75 Å². The Morgan fingerprint density at radius 2 is 1.77 bits per heavy atom. The number of phenolic OH excluding ortho intramolecular Hbond substituents is 1. The summed E-state index contributed by atoms with van der Waals surface area (Å²) in [5.41, 5.74) is 0.587. The van der Waals surface area contributed by atoms with Gasteiger partial charge < -0.3 is 25.4 Å². The van der Waals surface area contributed by atoms with Crippen LogP contribution >= 0.6 is 0 Å². The zero-order valence-corrected chi connectivity index (χ0v) is 21.9. The number of hydrogen-bond donors (Lipinski definition) is 3. The Bertz CT molecular complexity index is 935. The van der Waals surface area contributed by atoms with Gasteiger partial charge in [-0.3, -0.25) is 9.59 Å². The number of amides is 3. The SMILES string of the molecule is Cc1cc(C(C(=O)NC2CCCCC2)N(C(=O)C(C)NC(=O)OC(C)(C)C)C2CC2C)ccc1O. The van der Waals surface area contributed by atoms with E-state index in [-0.39, 0.29) is 35.6 Å². The van der Waals surface area contributed by atoms with Crippen LogP contribution in [0, 0.1) is 12.8 Å². The molecule has 8 nitrogen and oxygen atoms in total. The van der Waals surface area contributed by atoms with Crippen molar-refractivity contribution in [1.29, 1.82) is 0 Å². The summed E-state index contributed by atoms with van der Waals surface area (Å²) in [6.45, 7) is 10.7. The number of ether oxygens (including phenoxy) is 1. The van der Waals surface area contributed by atoms with Crippen LogP contribution in [0.4, 0.5) is 4.79 Å². The minimum absolute atomic E-state index is 0.0860. The van der Waals surface area contributed by atoms with Crippen molar-refractivity contribution in [1.82, 2.24) is 15.5 Å². The van der Waals surface area contributed by atoms with Gasteiger partial charge in [0.25, 0.3) is 0 Å². The average molecular weight is 488 g/mol.